The molecule has 7 nitrogen and oxygen atoms in total. The van der Waals surface area contributed by atoms with E-state index in [4.69, 9.17) is 10.00 Å². The van der Waals surface area contributed by atoms with Crippen LogP contribution in [-0.2, 0) is 16.0 Å². The first kappa shape index (κ1) is 14.3. The number of benzene rings is 1. The number of nitrogens with zero attached hydrogens (tertiary/aromatic N) is 2. The molecule has 0 aliphatic rings. The molecular formula is C12H10N2O5. The Hall–Kier alpha value is -2.75. The normalized spacial score (nSPS) is 9.47. The standard InChI is InChI=1S/C12H10N2O5/c1-2-19-12(16)5-8-3-9(6-13)10(7-15)4-11(8)14(17)18/h3-4,7H,2,5H2,1H3. The summed E-state index contributed by atoms with van der Waals surface area (Å²) in [5, 5.41) is 19.7. The molecular weight excluding hydrogens is 252 g/mol. The Morgan fingerprint density at radius 1 is 1.58 bits per heavy atom. The third kappa shape index (κ3) is 3.35. The smallest absolute Gasteiger partial charge is 0.310 e. The van der Waals surface area contributed by atoms with E-state index >= 15 is 0 Å². The summed E-state index contributed by atoms with van der Waals surface area (Å²) in [7, 11) is 0. The minimum absolute atomic E-state index is 0.0140. The molecule has 0 heterocycles. The van der Waals surface area contributed by atoms with Crippen molar-refractivity contribution < 1.29 is 19.2 Å². The van der Waals surface area contributed by atoms with Gasteiger partial charge in [-0.05, 0) is 13.0 Å². The molecule has 0 saturated heterocycles. The van der Waals surface area contributed by atoms with Gasteiger partial charge in [0.25, 0.3) is 5.69 Å². The van der Waals surface area contributed by atoms with E-state index in [9.17, 15) is 19.7 Å². The van der Waals surface area contributed by atoms with Gasteiger partial charge in [-0.2, -0.15) is 5.26 Å². The summed E-state index contributed by atoms with van der Waals surface area (Å²) in [5.41, 5.74) is -0.429. The summed E-state index contributed by atoms with van der Waals surface area (Å²) in [4.78, 5) is 32.3. The number of hydrogen-bond donors (Lipinski definition) is 0. The average molecular weight is 262 g/mol. The fraction of sp³-hybridized carbons (Fsp3) is 0.250. The van der Waals surface area contributed by atoms with Gasteiger partial charge in [0.2, 0.25) is 0 Å². The second-order valence-electron chi connectivity index (χ2n) is 3.54. The van der Waals surface area contributed by atoms with E-state index in [1.54, 1.807) is 13.0 Å². The number of esters is 1. The first-order valence-corrected chi connectivity index (χ1v) is 5.35. The molecule has 0 spiro atoms. The summed E-state index contributed by atoms with van der Waals surface area (Å²) in [6.45, 7) is 1.77. The van der Waals surface area contributed by atoms with Crippen LogP contribution < -0.4 is 0 Å². The van der Waals surface area contributed by atoms with Crippen molar-refractivity contribution in [1.29, 1.82) is 5.26 Å². The number of nitro benzene ring substituents is 1. The second kappa shape index (κ2) is 6.26. The molecule has 0 amide bonds. The number of aldehydes is 1. The Bertz CT molecular complexity index is 574. The predicted molar refractivity (Wildman–Crippen MR) is 63.5 cm³/mol. The van der Waals surface area contributed by atoms with E-state index in [-0.39, 0.29) is 35.4 Å². The van der Waals surface area contributed by atoms with Crippen LogP contribution in [0.25, 0.3) is 0 Å². The van der Waals surface area contributed by atoms with Gasteiger partial charge in [0, 0.05) is 17.2 Å². The maximum absolute atomic E-state index is 11.3. The van der Waals surface area contributed by atoms with Gasteiger partial charge in [-0.3, -0.25) is 19.7 Å². The minimum atomic E-state index is -0.706. The molecule has 0 aliphatic carbocycles. The van der Waals surface area contributed by atoms with Gasteiger partial charge >= 0.3 is 5.97 Å². The summed E-state index contributed by atoms with van der Waals surface area (Å²) >= 11 is 0. The summed E-state index contributed by atoms with van der Waals surface area (Å²) in [6.07, 6.45) is 0.0394. The van der Waals surface area contributed by atoms with Crippen molar-refractivity contribution in [2.45, 2.75) is 13.3 Å². The molecule has 0 fully saturated rings. The quantitative estimate of drug-likeness (QED) is 0.343. The molecule has 0 aromatic heterocycles. The molecule has 98 valence electrons. The molecule has 0 radical (unpaired) electrons. The molecule has 0 aliphatic heterocycles. The fourth-order valence-electron chi connectivity index (χ4n) is 1.52. The highest BCUT2D eigenvalue weighted by atomic mass is 16.6. The van der Waals surface area contributed by atoms with E-state index in [0.29, 0.717) is 6.29 Å². The molecule has 1 aromatic carbocycles. The van der Waals surface area contributed by atoms with Crippen molar-refractivity contribution in [1.82, 2.24) is 0 Å². The lowest BCUT2D eigenvalue weighted by atomic mass is 10.0. The Morgan fingerprint density at radius 2 is 2.26 bits per heavy atom. The van der Waals surface area contributed by atoms with Crippen LogP contribution in [0, 0.1) is 21.4 Å². The van der Waals surface area contributed by atoms with E-state index in [1.807, 2.05) is 0 Å². The first-order chi connectivity index (χ1) is 9.03. The first-order valence-electron chi connectivity index (χ1n) is 5.35. The van der Waals surface area contributed by atoms with Crippen LogP contribution in [0.4, 0.5) is 5.69 Å². The summed E-state index contributed by atoms with van der Waals surface area (Å²) < 4.78 is 4.70. The second-order valence-corrected chi connectivity index (χ2v) is 3.54. The Morgan fingerprint density at radius 3 is 2.74 bits per heavy atom. The van der Waals surface area contributed by atoms with E-state index in [2.05, 4.69) is 0 Å². The molecule has 0 N–H and O–H groups in total. The third-order valence-electron chi connectivity index (χ3n) is 2.34. The van der Waals surface area contributed by atoms with Crippen LogP contribution in [-0.4, -0.2) is 23.8 Å². The maximum atomic E-state index is 11.3. The highest BCUT2D eigenvalue weighted by Crippen LogP contribution is 2.23. The maximum Gasteiger partial charge on any atom is 0.310 e. The van der Waals surface area contributed by atoms with Gasteiger partial charge in [0.1, 0.15) is 0 Å². The zero-order chi connectivity index (χ0) is 14.4. The summed E-state index contributed by atoms with van der Waals surface area (Å²) in [6, 6.07) is 3.90. The van der Waals surface area contributed by atoms with E-state index in [1.165, 1.54) is 6.07 Å². The van der Waals surface area contributed by atoms with Gasteiger partial charge in [-0.1, -0.05) is 0 Å². The Balaban J connectivity index is 3.28. The van der Waals surface area contributed by atoms with Gasteiger partial charge in [0.15, 0.2) is 6.29 Å². The van der Waals surface area contributed by atoms with Crippen LogP contribution in [0.1, 0.15) is 28.4 Å². The lowest BCUT2D eigenvalue weighted by Crippen LogP contribution is -2.10. The molecule has 19 heavy (non-hydrogen) atoms. The monoisotopic (exact) mass is 262 g/mol. The lowest BCUT2D eigenvalue weighted by molar-refractivity contribution is -0.385. The lowest BCUT2D eigenvalue weighted by Gasteiger charge is -2.05. The summed E-state index contributed by atoms with van der Waals surface area (Å²) in [5.74, 6) is -0.631. The number of ether oxygens (including phenoxy) is 1. The number of carbonyl (C=O) groups is 2. The molecule has 7 heteroatoms. The van der Waals surface area contributed by atoms with Crippen LogP contribution in [0.3, 0.4) is 0 Å². The zero-order valence-corrected chi connectivity index (χ0v) is 10.1. The molecule has 0 unspecified atom stereocenters. The average Bonchev–Trinajstić information content (AvgIpc) is 2.38. The molecule has 1 aromatic rings. The topological polar surface area (TPSA) is 110 Å². The third-order valence-corrected chi connectivity index (χ3v) is 2.34. The highest BCUT2D eigenvalue weighted by molar-refractivity contribution is 5.82. The largest absolute Gasteiger partial charge is 0.466 e. The molecule has 1 rings (SSSR count). The van der Waals surface area contributed by atoms with Crippen LogP contribution in [0.15, 0.2) is 12.1 Å². The number of carbonyl (C=O) groups excluding carboxylic acids is 2. The van der Waals surface area contributed by atoms with Crippen molar-refractivity contribution >= 4 is 17.9 Å². The fourth-order valence-corrected chi connectivity index (χ4v) is 1.52. The molecule has 0 bridgehead atoms. The molecule has 0 saturated carbocycles. The van der Waals surface area contributed by atoms with Crippen molar-refractivity contribution in [3.8, 4) is 6.07 Å². The van der Waals surface area contributed by atoms with Crippen LogP contribution in [0.2, 0.25) is 0 Å². The van der Waals surface area contributed by atoms with Gasteiger partial charge in [-0.15, -0.1) is 0 Å². The van der Waals surface area contributed by atoms with Crippen molar-refractivity contribution in [2.75, 3.05) is 6.61 Å². The van der Waals surface area contributed by atoms with Gasteiger partial charge in [0.05, 0.1) is 29.6 Å². The van der Waals surface area contributed by atoms with Crippen molar-refractivity contribution in [2.24, 2.45) is 0 Å². The number of nitro groups is 1. The van der Waals surface area contributed by atoms with Crippen LogP contribution >= 0.6 is 0 Å². The predicted octanol–water partition coefficient (Wildman–Crippen LogP) is 1.38. The number of hydrogen-bond acceptors (Lipinski definition) is 6. The zero-order valence-electron chi connectivity index (χ0n) is 10.1. The van der Waals surface area contributed by atoms with E-state index in [0.717, 1.165) is 6.07 Å². The Kier molecular flexibility index (Phi) is 4.71. The highest BCUT2D eigenvalue weighted by Gasteiger charge is 2.20. The van der Waals surface area contributed by atoms with Gasteiger partial charge < -0.3 is 4.74 Å². The molecule has 0 atom stereocenters. The number of rotatable bonds is 5. The van der Waals surface area contributed by atoms with E-state index < -0.39 is 10.9 Å². The minimum Gasteiger partial charge on any atom is -0.466 e. The van der Waals surface area contributed by atoms with Gasteiger partial charge in [-0.25, -0.2) is 0 Å². The Labute approximate surface area is 108 Å². The van der Waals surface area contributed by atoms with Crippen molar-refractivity contribution in [3.63, 3.8) is 0 Å². The van der Waals surface area contributed by atoms with Crippen LogP contribution in [0.5, 0.6) is 0 Å². The SMILES string of the molecule is CCOC(=O)Cc1cc(C#N)c(C=O)cc1[N+](=O)[O-]. The number of nitriles is 1. The van der Waals surface area contributed by atoms with Crippen molar-refractivity contribution in [3.05, 3.63) is 38.9 Å².